The largest absolute Gasteiger partial charge is 0.537 e. The van der Waals surface area contributed by atoms with Crippen LogP contribution in [0.1, 0.15) is 18.9 Å². The van der Waals surface area contributed by atoms with Gasteiger partial charge in [0, 0.05) is 12.5 Å². The summed E-state index contributed by atoms with van der Waals surface area (Å²) in [5, 5.41) is 22.4. The minimum Gasteiger partial charge on any atom is -0.537 e. The summed E-state index contributed by atoms with van der Waals surface area (Å²) >= 11 is 0. The Morgan fingerprint density at radius 2 is 2.24 bits per heavy atom. The normalized spacial score (nSPS) is 11.4. The minimum atomic E-state index is -1.30. The molecule has 0 spiro atoms. The van der Waals surface area contributed by atoms with Crippen molar-refractivity contribution in [2.24, 2.45) is 0 Å². The molecule has 2 aliphatic heterocycles. The number of carbonyl (C=O) groups excluding carboxylic acids is 2. The fourth-order valence-electron chi connectivity index (χ4n) is 1.39. The molecule has 0 saturated carbocycles. The van der Waals surface area contributed by atoms with E-state index < -0.39 is 17.0 Å². The lowest BCUT2D eigenvalue weighted by atomic mass is 10.1. The molecule has 1 aromatic rings. The molecule has 110 valence electrons. The van der Waals surface area contributed by atoms with E-state index in [9.17, 15) is 24.8 Å². The summed E-state index contributed by atoms with van der Waals surface area (Å²) in [6, 6.07) is 4.48. The number of ether oxygens (including phenoxy) is 1. The summed E-state index contributed by atoms with van der Waals surface area (Å²) in [5.74, 6) is 2.88. The zero-order chi connectivity index (χ0) is 15.8. The van der Waals surface area contributed by atoms with Crippen LogP contribution in [0.5, 0.6) is 0 Å². The standard InChI is InChI=1S/C8H6N2O4.C5H6O2/c11-8-9-6-2-1-5(4-14-8)7(3-6)10(12)13;1-2-3-4-5(6)7/h1-3H,4H2,(H,9,11);2H2,1H3,(H,6,7)/p-1. The lowest BCUT2D eigenvalue weighted by Gasteiger charge is -2.12. The van der Waals surface area contributed by atoms with E-state index in [4.69, 9.17) is 4.74 Å². The van der Waals surface area contributed by atoms with Crippen molar-refractivity contribution in [2.75, 3.05) is 5.32 Å². The number of aliphatic carboxylic acids is 1. The summed E-state index contributed by atoms with van der Waals surface area (Å²) in [6.45, 7) is 1.69. The first-order chi connectivity index (χ1) is 9.93. The van der Waals surface area contributed by atoms with Gasteiger partial charge < -0.3 is 14.6 Å². The number of amides is 1. The number of carbonyl (C=O) groups is 2. The van der Waals surface area contributed by atoms with Gasteiger partial charge in [-0.05, 0) is 18.1 Å². The van der Waals surface area contributed by atoms with Crippen molar-refractivity contribution >= 4 is 23.4 Å². The minimum absolute atomic E-state index is 0.0394. The van der Waals surface area contributed by atoms with E-state index in [0.29, 0.717) is 17.7 Å². The quantitative estimate of drug-likeness (QED) is 0.464. The Morgan fingerprint density at radius 3 is 2.76 bits per heavy atom. The average molecular weight is 291 g/mol. The number of benzene rings is 1. The molecule has 2 bridgehead atoms. The zero-order valence-corrected chi connectivity index (χ0v) is 11.0. The summed E-state index contributed by atoms with van der Waals surface area (Å²) in [5.41, 5.74) is 0.723. The maximum Gasteiger partial charge on any atom is 0.411 e. The van der Waals surface area contributed by atoms with E-state index in [1.165, 1.54) is 6.07 Å². The number of rotatable bonds is 1. The van der Waals surface area contributed by atoms with Crippen molar-refractivity contribution in [1.82, 2.24) is 0 Å². The van der Waals surface area contributed by atoms with Gasteiger partial charge in [0.1, 0.15) is 12.6 Å². The van der Waals surface area contributed by atoms with Gasteiger partial charge in [0.05, 0.1) is 16.2 Å². The van der Waals surface area contributed by atoms with Crippen LogP contribution in [-0.2, 0) is 16.1 Å². The van der Waals surface area contributed by atoms with Gasteiger partial charge in [-0.25, -0.2) is 4.79 Å². The molecule has 2 aliphatic rings. The van der Waals surface area contributed by atoms with Crippen LogP contribution in [0.2, 0.25) is 0 Å². The lowest BCUT2D eigenvalue weighted by molar-refractivity contribution is -0.385. The smallest absolute Gasteiger partial charge is 0.411 e. The molecule has 3 rings (SSSR count). The van der Waals surface area contributed by atoms with E-state index in [0.717, 1.165) is 0 Å². The summed E-state index contributed by atoms with van der Waals surface area (Å²) in [6.07, 6.45) is -0.0333. The molecule has 8 nitrogen and oxygen atoms in total. The Hall–Kier alpha value is -3.08. The molecule has 0 fully saturated rings. The molecule has 0 radical (unpaired) electrons. The van der Waals surface area contributed by atoms with Crippen LogP contribution >= 0.6 is 0 Å². The van der Waals surface area contributed by atoms with Crippen molar-refractivity contribution in [3.8, 4) is 11.8 Å². The molecular weight excluding hydrogens is 280 g/mol. The number of anilines is 1. The van der Waals surface area contributed by atoms with Crippen molar-refractivity contribution in [3.05, 3.63) is 33.9 Å². The van der Waals surface area contributed by atoms with Gasteiger partial charge in [-0.3, -0.25) is 15.4 Å². The second-order valence-electron chi connectivity index (χ2n) is 3.74. The third-order valence-electron chi connectivity index (χ3n) is 2.25. The van der Waals surface area contributed by atoms with Crippen molar-refractivity contribution in [2.45, 2.75) is 20.0 Å². The molecule has 1 amide bonds. The van der Waals surface area contributed by atoms with E-state index in [-0.39, 0.29) is 12.3 Å². The van der Waals surface area contributed by atoms with Crippen LogP contribution in [-0.4, -0.2) is 17.0 Å². The SMILES string of the molecule is CCC#CC(=O)[O-].O=C1Nc2ccc(c([N+](=O)[O-])c2)CO1. The van der Waals surface area contributed by atoms with Crippen LogP contribution in [0.25, 0.3) is 0 Å². The Morgan fingerprint density at radius 1 is 1.52 bits per heavy atom. The lowest BCUT2D eigenvalue weighted by Crippen LogP contribution is -2.19. The number of hydrogen-bond acceptors (Lipinski definition) is 6. The molecule has 0 aromatic heterocycles. The molecule has 1 N–H and O–H groups in total. The number of nitro groups is 1. The molecule has 0 atom stereocenters. The van der Waals surface area contributed by atoms with Gasteiger partial charge in [-0.2, -0.15) is 0 Å². The average Bonchev–Trinajstić information content (AvgIpc) is 2.41. The van der Waals surface area contributed by atoms with Crippen LogP contribution in [0.3, 0.4) is 0 Å². The summed E-state index contributed by atoms with van der Waals surface area (Å²) in [7, 11) is 0. The molecule has 1 aromatic carbocycles. The van der Waals surface area contributed by atoms with Crippen molar-refractivity contribution in [3.63, 3.8) is 0 Å². The second-order valence-corrected chi connectivity index (χ2v) is 3.74. The predicted molar refractivity (Wildman–Crippen MR) is 70.0 cm³/mol. The van der Waals surface area contributed by atoms with E-state index in [2.05, 4.69) is 11.2 Å². The zero-order valence-electron chi connectivity index (χ0n) is 11.0. The number of nitro benzene ring substituents is 1. The molecule has 8 heteroatoms. The molecule has 2 heterocycles. The Kier molecular flexibility index (Phi) is 5.70. The number of carboxylic acid groups (broad SMARTS) is 1. The molecule has 21 heavy (non-hydrogen) atoms. The maximum atomic E-state index is 10.9. The monoisotopic (exact) mass is 291 g/mol. The molecular formula is C13H11N2O6-. The number of nitrogens with zero attached hydrogens (tertiary/aromatic N) is 1. The van der Waals surface area contributed by atoms with Crippen LogP contribution in [0, 0.1) is 22.0 Å². The molecule has 0 aliphatic carbocycles. The Balaban J connectivity index is 0.000000270. The summed E-state index contributed by atoms with van der Waals surface area (Å²) < 4.78 is 4.69. The van der Waals surface area contributed by atoms with E-state index >= 15 is 0 Å². The van der Waals surface area contributed by atoms with Crippen molar-refractivity contribution < 1.29 is 24.4 Å². The molecule has 0 unspecified atom stereocenters. The number of nitrogens with one attached hydrogen (secondary N) is 1. The first-order valence-electron chi connectivity index (χ1n) is 5.85. The van der Waals surface area contributed by atoms with Gasteiger partial charge in [-0.15, -0.1) is 0 Å². The van der Waals surface area contributed by atoms with Gasteiger partial charge in [0.15, 0.2) is 0 Å². The third-order valence-corrected chi connectivity index (χ3v) is 2.25. The predicted octanol–water partition coefficient (Wildman–Crippen LogP) is 0.807. The highest BCUT2D eigenvalue weighted by molar-refractivity contribution is 5.86. The first-order valence-corrected chi connectivity index (χ1v) is 5.85. The fourth-order valence-corrected chi connectivity index (χ4v) is 1.39. The van der Waals surface area contributed by atoms with Gasteiger partial charge >= 0.3 is 6.09 Å². The fraction of sp³-hybridized carbons (Fsp3) is 0.231. The highest BCUT2D eigenvalue weighted by atomic mass is 16.6. The Labute approximate surface area is 119 Å². The Bertz CT molecular complexity index is 629. The second kappa shape index (κ2) is 7.49. The van der Waals surface area contributed by atoms with Crippen LogP contribution in [0.15, 0.2) is 18.2 Å². The van der Waals surface area contributed by atoms with Gasteiger partial charge in [0.25, 0.3) is 5.69 Å². The van der Waals surface area contributed by atoms with Crippen LogP contribution in [0.4, 0.5) is 16.2 Å². The summed E-state index contributed by atoms with van der Waals surface area (Å²) in [4.78, 5) is 30.5. The molecule has 0 saturated heterocycles. The maximum absolute atomic E-state index is 10.9. The number of carboxylic acids is 1. The number of hydrogen-bond donors (Lipinski definition) is 1. The van der Waals surface area contributed by atoms with Gasteiger partial charge in [0.2, 0.25) is 0 Å². The first kappa shape index (κ1) is 16.0. The topological polar surface area (TPSA) is 122 Å². The highest BCUT2D eigenvalue weighted by Crippen LogP contribution is 2.26. The van der Waals surface area contributed by atoms with E-state index in [1.807, 2.05) is 5.92 Å². The third kappa shape index (κ3) is 5.20. The van der Waals surface area contributed by atoms with Gasteiger partial charge in [-0.1, -0.05) is 12.8 Å². The number of fused-ring (bicyclic) bond motifs is 5. The highest BCUT2D eigenvalue weighted by Gasteiger charge is 2.19. The van der Waals surface area contributed by atoms with E-state index in [1.54, 1.807) is 19.1 Å². The van der Waals surface area contributed by atoms with Crippen molar-refractivity contribution in [1.29, 1.82) is 0 Å². The van der Waals surface area contributed by atoms with Crippen LogP contribution < -0.4 is 10.4 Å².